The minimum absolute atomic E-state index is 0.0901. The molecule has 0 saturated carbocycles. The molecule has 0 saturated heterocycles. The van der Waals surface area contributed by atoms with Crippen LogP contribution in [0, 0.1) is 6.92 Å². The summed E-state index contributed by atoms with van der Waals surface area (Å²) in [6, 6.07) is 10.3. The Balaban J connectivity index is 1.69. The standard InChI is InChI=1S/C16H16ClN3O2S/c1-12-6-7-16-19-13(11-20(16)10-12)8-9-18-23(21,22)15-5-3-2-4-14(15)17/h2-7,10-11,18H,8-9H2,1H3. The zero-order chi connectivity index (χ0) is 16.4. The predicted octanol–water partition coefficient (Wildman–Crippen LogP) is 2.82. The van der Waals surface area contributed by atoms with Gasteiger partial charge in [-0.1, -0.05) is 29.8 Å². The van der Waals surface area contributed by atoms with E-state index in [0.29, 0.717) is 6.42 Å². The van der Waals surface area contributed by atoms with Gasteiger partial charge in [0.1, 0.15) is 10.5 Å². The van der Waals surface area contributed by atoms with Crippen LogP contribution in [0.15, 0.2) is 53.7 Å². The summed E-state index contributed by atoms with van der Waals surface area (Å²) in [5, 5.41) is 0.211. The highest BCUT2D eigenvalue weighted by Crippen LogP contribution is 2.20. The van der Waals surface area contributed by atoms with E-state index >= 15 is 0 Å². The molecule has 0 aliphatic rings. The number of aryl methyl sites for hydroxylation is 1. The maximum Gasteiger partial charge on any atom is 0.242 e. The number of rotatable bonds is 5. The van der Waals surface area contributed by atoms with Gasteiger partial charge >= 0.3 is 0 Å². The Kier molecular flexibility index (Phi) is 4.39. The minimum Gasteiger partial charge on any atom is -0.307 e. The Labute approximate surface area is 140 Å². The molecule has 23 heavy (non-hydrogen) atoms. The SMILES string of the molecule is Cc1ccc2nc(CCNS(=O)(=O)c3ccccc3Cl)cn2c1. The highest BCUT2D eigenvalue weighted by molar-refractivity contribution is 7.89. The monoisotopic (exact) mass is 349 g/mol. The first-order valence-electron chi connectivity index (χ1n) is 7.14. The lowest BCUT2D eigenvalue weighted by Gasteiger charge is -2.07. The van der Waals surface area contributed by atoms with Crippen molar-refractivity contribution < 1.29 is 8.42 Å². The zero-order valence-electron chi connectivity index (χ0n) is 12.5. The fraction of sp³-hybridized carbons (Fsp3) is 0.188. The number of benzene rings is 1. The van der Waals surface area contributed by atoms with Gasteiger partial charge in [0.25, 0.3) is 0 Å². The molecular weight excluding hydrogens is 334 g/mol. The minimum atomic E-state index is -3.61. The molecule has 3 rings (SSSR count). The molecule has 7 heteroatoms. The van der Waals surface area contributed by atoms with E-state index in [-0.39, 0.29) is 16.5 Å². The molecule has 1 N–H and O–H groups in total. The Bertz CT molecular complexity index is 951. The molecule has 0 bridgehead atoms. The number of nitrogens with zero attached hydrogens (tertiary/aromatic N) is 2. The first kappa shape index (κ1) is 16.0. The van der Waals surface area contributed by atoms with Crippen LogP contribution < -0.4 is 4.72 Å². The third-order valence-corrected chi connectivity index (χ3v) is 5.41. The van der Waals surface area contributed by atoms with Gasteiger partial charge in [0, 0.05) is 25.4 Å². The molecular formula is C16H16ClN3O2S. The number of sulfonamides is 1. The van der Waals surface area contributed by atoms with Gasteiger partial charge in [-0.15, -0.1) is 0 Å². The number of hydrogen-bond donors (Lipinski definition) is 1. The van der Waals surface area contributed by atoms with Crippen molar-refractivity contribution in [2.75, 3.05) is 6.54 Å². The molecule has 0 spiro atoms. The van der Waals surface area contributed by atoms with Crippen LogP contribution in [0.5, 0.6) is 0 Å². The summed E-state index contributed by atoms with van der Waals surface area (Å²) in [5.74, 6) is 0. The fourth-order valence-electron chi connectivity index (χ4n) is 2.33. The molecule has 0 radical (unpaired) electrons. The van der Waals surface area contributed by atoms with E-state index in [9.17, 15) is 8.42 Å². The van der Waals surface area contributed by atoms with E-state index in [4.69, 9.17) is 11.6 Å². The Hall–Kier alpha value is -1.89. The average molecular weight is 350 g/mol. The third-order valence-electron chi connectivity index (χ3n) is 3.45. The molecule has 2 aromatic heterocycles. The van der Waals surface area contributed by atoms with Crippen molar-refractivity contribution in [3.05, 3.63) is 65.1 Å². The second-order valence-corrected chi connectivity index (χ2v) is 7.42. The molecule has 5 nitrogen and oxygen atoms in total. The first-order chi connectivity index (χ1) is 11.0. The van der Waals surface area contributed by atoms with E-state index in [2.05, 4.69) is 9.71 Å². The highest BCUT2D eigenvalue weighted by Gasteiger charge is 2.16. The van der Waals surface area contributed by atoms with Crippen molar-refractivity contribution >= 4 is 27.3 Å². The second-order valence-electron chi connectivity index (χ2n) is 5.28. The van der Waals surface area contributed by atoms with Crippen molar-refractivity contribution in [2.45, 2.75) is 18.2 Å². The predicted molar refractivity (Wildman–Crippen MR) is 90.3 cm³/mol. The maximum atomic E-state index is 12.2. The Morgan fingerprint density at radius 1 is 1.17 bits per heavy atom. The Morgan fingerprint density at radius 3 is 2.74 bits per heavy atom. The van der Waals surface area contributed by atoms with Crippen LogP contribution in [0.25, 0.3) is 5.65 Å². The molecule has 2 heterocycles. The lowest BCUT2D eigenvalue weighted by atomic mass is 10.3. The van der Waals surface area contributed by atoms with E-state index in [1.165, 1.54) is 6.07 Å². The van der Waals surface area contributed by atoms with Gasteiger partial charge in [-0.2, -0.15) is 0 Å². The highest BCUT2D eigenvalue weighted by atomic mass is 35.5. The van der Waals surface area contributed by atoms with E-state index in [1.54, 1.807) is 18.2 Å². The number of pyridine rings is 1. The Morgan fingerprint density at radius 2 is 1.96 bits per heavy atom. The summed E-state index contributed by atoms with van der Waals surface area (Å²) >= 11 is 5.94. The van der Waals surface area contributed by atoms with Crippen molar-refractivity contribution in [1.29, 1.82) is 0 Å². The van der Waals surface area contributed by atoms with Gasteiger partial charge in [-0.05, 0) is 30.7 Å². The summed E-state index contributed by atoms with van der Waals surface area (Å²) in [6.07, 6.45) is 4.40. The maximum absolute atomic E-state index is 12.2. The molecule has 0 aliphatic carbocycles. The number of aromatic nitrogens is 2. The lowest BCUT2D eigenvalue weighted by molar-refractivity contribution is 0.581. The molecule has 120 valence electrons. The van der Waals surface area contributed by atoms with Crippen molar-refractivity contribution in [3.8, 4) is 0 Å². The van der Waals surface area contributed by atoms with E-state index in [0.717, 1.165) is 16.9 Å². The normalized spacial score (nSPS) is 11.9. The van der Waals surface area contributed by atoms with Gasteiger partial charge in [0.15, 0.2) is 0 Å². The molecule has 0 unspecified atom stereocenters. The summed E-state index contributed by atoms with van der Waals surface area (Å²) in [5.41, 5.74) is 2.82. The number of fused-ring (bicyclic) bond motifs is 1. The number of hydrogen-bond acceptors (Lipinski definition) is 3. The second kappa shape index (κ2) is 6.31. The zero-order valence-corrected chi connectivity index (χ0v) is 14.1. The number of imidazole rings is 1. The van der Waals surface area contributed by atoms with Gasteiger partial charge in [0.05, 0.1) is 10.7 Å². The van der Waals surface area contributed by atoms with Crippen molar-refractivity contribution in [2.24, 2.45) is 0 Å². The molecule has 0 atom stereocenters. The van der Waals surface area contributed by atoms with Gasteiger partial charge in [-0.25, -0.2) is 18.1 Å². The number of nitrogens with one attached hydrogen (secondary N) is 1. The van der Waals surface area contributed by atoms with Crippen LogP contribution in [0.3, 0.4) is 0 Å². The summed E-state index contributed by atoms with van der Waals surface area (Å²) in [4.78, 5) is 4.56. The van der Waals surface area contributed by atoms with Crippen molar-refractivity contribution in [1.82, 2.24) is 14.1 Å². The van der Waals surface area contributed by atoms with Crippen LogP contribution >= 0.6 is 11.6 Å². The number of halogens is 1. The first-order valence-corrected chi connectivity index (χ1v) is 9.00. The van der Waals surface area contributed by atoms with Crippen molar-refractivity contribution in [3.63, 3.8) is 0 Å². The van der Waals surface area contributed by atoms with Crippen LogP contribution in [0.1, 0.15) is 11.3 Å². The third kappa shape index (κ3) is 3.55. The molecule has 3 aromatic rings. The summed E-state index contributed by atoms with van der Waals surface area (Å²) < 4.78 is 29.0. The van der Waals surface area contributed by atoms with Gasteiger partial charge in [-0.3, -0.25) is 0 Å². The fourth-order valence-corrected chi connectivity index (χ4v) is 3.88. The van der Waals surface area contributed by atoms with Crippen LogP contribution in [0.2, 0.25) is 5.02 Å². The van der Waals surface area contributed by atoms with Crippen LogP contribution in [0.4, 0.5) is 0 Å². The average Bonchev–Trinajstić information content (AvgIpc) is 2.89. The molecule has 0 amide bonds. The van der Waals surface area contributed by atoms with E-state index < -0.39 is 10.0 Å². The topological polar surface area (TPSA) is 63.5 Å². The molecule has 0 fully saturated rings. The van der Waals surface area contributed by atoms with Gasteiger partial charge < -0.3 is 4.40 Å². The van der Waals surface area contributed by atoms with Crippen LogP contribution in [-0.4, -0.2) is 24.3 Å². The van der Waals surface area contributed by atoms with Crippen LogP contribution in [-0.2, 0) is 16.4 Å². The summed E-state index contributed by atoms with van der Waals surface area (Å²) in [7, 11) is -3.61. The lowest BCUT2D eigenvalue weighted by Crippen LogP contribution is -2.26. The molecule has 1 aromatic carbocycles. The van der Waals surface area contributed by atoms with Gasteiger partial charge in [0.2, 0.25) is 10.0 Å². The quantitative estimate of drug-likeness (QED) is 0.770. The molecule has 0 aliphatic heterocycles. The largest absolute Gasteiger partial charge is 0.307 e. The van der Waals surface area contributed by atoms with E-state index in [1.807, 2.05) is 35.9 Å². The summed E-state index contributed by atoms with van der Waals surface area (Å²) in [6.45, 7) is 2.27. The smallest absolute Gasteiger partial charge is 0.242 e.